The van der Waals surface area contributed by atoms with Gasteiger partial charge in [0.25, 0.3) is 0 Å². The summed E-state index contributed by atoms with van der Waals surface area (Å²) in [6, 6.07) is 13.3. The van der Waals surface area contributed by atoms with Crippen molar-refractivity contribution >= 4 is 22.7 Å². The molecule has 0 spiro atoms. The van der Waals surface area contributed by atoms with Crippen molar-refractivity contribution < 1.29 is 9.21 Å². The Bertz CT molecular complexity index is 790. The summed E-state index contributed by atoms with van der Waals surface area (Å²) < 4.78 is 5.79. The molecule has 20 heavy (non-hydrogen) atoms. The molecular weight excluding hydrogens is 252 g/mol. The third-order valence-electron chi connectivity index (χ3n) is 3.09. The predicted molar refractivity (Wildman–Crippen MR) is 78.5 cm³/mol. The molecule has 0 atom stereocenters. The fourth-order valence-corrected chi connectivity index (χ4v) is 2.17. The zero-order valence-electron chi connectivity index (χ0n) is 11.3. The maximum absolute atomic E-state index is 11.3. The second kappa shape index (κ2) is 4.81. The number of nitrogens with zero attached hydrogens (tertiary/aromatic N) is 1. The summed E-state index contributed by atoms with van der Waals surface area (Å²) in [6.07, 6.45) is 0. The molecule has 3 rings (SSSR count). The minimum absolute atomic E-state index is 0.121. The van der Waals surface area contributed by atoms with Gasteiger partial charge in [0.1, 0.15) is 5.52 Å². The summed E-state index contributed by atoms with van der Waals surface area (Å²) in [6.45, 7) is 3.47. The van der Waals surface area contributed by atoms with E-state index in [-0.39, 0.29) is 5.91 Å². The van der Waals surface area contributed by atoms with Crippen LogP contribution >= 0.6 is 0 Å². The van der Waals surface area contributed by atoms with Gasteiger partial charge in [0.05, 0.1) is 11.3 Å². The number of carbonyl (C=O) groups excluding carboxylic acids is 1. The molecular formula is C16H14N2O2. The van der Waals surface area contributed by atoms with Crippen molar-refractivity contribution in [2.75, 3.05) is 5.32 Å². The van der Waals surface area contributed by atoms with Crippen LogP contribution < -0.4 is 5.32 Å². The van der Waals surface area contributed by atoms with Crippen LogP contribution in [0.2, 0.25) is 0 Å². The van der Waals surface area contributed by atoms with Gasteiger partial charge in [-0.15, -0.1) is 0 Å². The van der Waals surface area contributed by atoms with E-state index in [1.807, 2.05) is 49.4 Å². The van der Waals surface area contributed by atoms with E-state index >= 15 is 0 Å². The van der Waals surface area contributed by atoms with Gasteiger partial charge < -0.3 is 9.73 Å². The number of aryl methyl sites for hydroxylation is 1. The SMILES string of the molecule is CC(=O)Nc1ccccc1-c1nc2c(C)cccc2o1. The highest BCUT2D eigenvalue weighted by atomic mass is 16.3. The van der Waals surface area contributed by atoms with Crippen LogP contribution in [0.1, 0.15) is 12.5 Å². The highest BCUT2D eigenvalue weighted by Crippen LogP contribution is 2.30. The molecule has 2 aromatic carbocycles. The van der Waals surface area contributed by atoms with E-state index in [4.69, 9.17) is 4.42 Å². The lowest BCUT2D eigenvalue weighted by Crippen LogP contribution is -2.06. The first-order valence-corrected chi connectivity index (χ1v) is 6.38. The molecule has 1 aromatic heterocycles. The molecule has 0 fully saturated rings. The summed E-state index contributed by atoms with van der Waals surface area (Å²) in [5, 5.41) is 2.79. The summed E-state index contributed by atoms with van der Waals surface area (Å²) >= 11 is 0. The summed E-state index contributed by atoms with van der Waals surface area (Å²) in [5.74, 6) is 0.392. The van der Waals surface area contributed by atoms with E-state index in [1.165, 1.54) is 6.92 Å². The van der Waals surface area contributed by atoms with Gasteiger partial charge in [0, 0.05) is 6.92 Å². The molecule has 1 amide bonds. The summed E-state index contributed by atoms with van der Waals surface area (Å²) in [7, 11) is 0. The van der Waals surface area contributed by atoms with Crippen molar-refractivity contribution in [3.05, 3.63) is 48.0 Å². The van der Waals surface area contributed by atoms with Crippen LogP contribution in [0.25, 0.3) is 22.6 Å². The molecule has 0 saturated carbocycles. The largest absolute Gasteiger partial charge is 0.436 e. The van der Waals surface area contributed by atoms with Gasteiger partial charge in [-0.3, -0.25) is 4.79 Å². The number of hydrogen-bond donors (Lipinski definition) is 1. The first-order chi connectivity index (χ1) is 9.65. The minimum atomic E-state index is -0.121. The normalized spacial score (nSPS) is 10.7. The number of carbonyl (C=O) groups is 1. The van der Waals surface area contributed by atoms with Crippen LogP contribution in [0.3, 0.4) is 0 Å². The minimum Gasteiger partial charge on any atom is -0.436 e. The van der Waals surface area contributed by atoms with Crippen LogP contribution in [-0.4, -0.2) is 10.9 Å². The van der Waals surface area contributed by atoms with Crippen molar-refractivity contribution in [2.24, 2.45) is 0 Å². The van der Waals surface area contributed by atoms with E-state index in [1.54, 1.807) is 0 Å². The summed E-state index contributed by atoms with van der Waals surface area (Å²) in [5.41, 5.74) is 4.13. The molecule has 1 heterocycles. The lowest BCUT2D eigenvalue weighted by atomic mass is 10.1. The van der Waals surface area contributed by atoms with Gasteiger partial charge in [0.15, 0.2) is 5.58 Å². The number of hydrogen-bond acceptors (Lipinski definition) is 3. The molecule has 0 radical (unpaired) electrons. The van der Waals surface area contributed by atoms with E-state index in [9.17, 15) is 4.79 Å². The molecule has 0 aliphatic carbocycles. The van der Waals surface area contributed by atoms with Gasteiger partial charge in [-0.1, -0.05) is 24.3 Å². The Labute approximate surface area is 116 Å². The van der Waals surface area contributed by atoms with Gasteiger partial charge in [-0.05, 0) is 30.7 Å². The molecule has 0 aliphatic rings. The molecule has 0 aliphatic heterocycles. The average Bonchev–Trinajstić information content (AvgIpc) is 2.84. The number of nitrogens with one attached hydrogen (secondary N) is 1. The monoisotopic (exact) mass is 266 g/mol. The maximum Gasteiger partial charge on any atom is 0.229 e. The highest BCUT2D eigenvalue weighted by molar-refractivity contribution is 5.93. The van der Waals surface area contributed by atoms with E-state index in [0.29, 0.717) is 11.6 Å². The second-order valence-electron chi connectivity index (χ2n) is 4.67. The van der Waals surface area contributed by atoms with E-state index in [2.05, 4.69) is 10.3 Å². The first-order valence-electron chi connectivity index (χ1n) is 6.38. The Morgan fingerprint density at radius 2 is 1.95 bits per heavy atom. The molecule has 0 saturated heterocycles. The van der Waals surface area contributed by atoms with Gasteiger partial charge >= 0.3 is 0 Å². The Kier molecular flexibility index (Phi) is 2.99. The zero-order chi connectivity index (χ0) is 14.1. The van der Waals surface area contributed by atoms with Crippen LogP contribution in [0.4, 0.5) is 5.69 Å². The quantitative estimate of drug-likeness (QED) is 0.768. The van der Waals surface area contributed by atoms with E-state index in [0.717, 1.165) is 22.2 Å². The van der Waals surface area contributed by atoms with Crippen LogP contribution in [-0.2, 0) is 4.79 Å². The molecule has 1 N–H and O–H groups in total. The number of anilines is 1. The number of aromatic nitrogens is 1. The standard InChI is InChI=1S/C16H14N2O2/c1-10-6-5-9-14-15(10)18-16(20-14)12-7-3-4-8-13(12)17-11(2)19/h3-9H,1-2H3,(H,17,19). The van der Waals surface area contributed by atoms with Gasteiger partial charge in [-0.2, -0.15) is 0 Å². The Balaban J connectivity index is 2.16. The number of rotatable bonds is 2. The third kappa shape index (κ3) is 2.16. The second-order valence-corrected chi connectivity index (χ2v) is 4.67. The van der Waals surface area contributed by atoms with Crippen molar-refractivity contribution in [3.8, 4) is 11.5 Å². The number of benzene rings is 2. The van der Waals surface area contributed by atoms with Crippen molar-refractivity contribution in [3.63, 3.8) is 0 Å². The molecule has 0 bridgehead atoms. The first kappa shape index (κ1) is 12.4. The van der Waals surface area contributed by atoms with Gasteiger partial charge in [0.2, 0.25) is 11.8 Å². The molecule has 4 heteroatoms. The van der Waals surface area contributed by atoms with Crippen LogP contribution in [0.15, 0.2) is 46.9 Å². The fraction of sp³-hybridized carbons (Fsp3) is 0.125. The third-order valence-corrected chi connectivity index (χ3v) is 3.09. The maximum atomic E-state index is 11.3. The van der Waals surface area contributed by atoms with E-state index < -0.39 is 0 Å². The van der Waals surface area contributed by atoms with Crippen molar-refractivity contribution in [1.29, 1.82) is 0 Å². The Morgan fingerprint density at radius 3 is 2.70 bits per heavy atom. The average molecular weight is 266 g/mol. The number of amides is 1. The van der Waals surface area contributed by atoms with Crippen LogP contribution in [0.5, 0.6) is 0 Å². The Hall–Kier alpha value is -2.62. The topological polar surface area (TPSA) is 55.1 Å². The van der Waals surface area contributed by atoms with Crippen LogP contribution in [0, 0.1) is 6.92 Å². The number of fused-ring (bicyclic) bond motifs is 1. The van der Waals surface area contributed by atoms with Crippen molar-refractivity contribution in [2.45, 2.75) is 13.8 Å². The lowest BCUT2D eigenvalue weighted by Gasteiger charge is -2.06. The fourth-order valence-electron chi connectivity index (χ4n) is 2.17. The molecule has 100 valence electrons. The number of para-hydroxylation sites is 2. The predicted octanol–water partition coefficient (Wildman–Crippen LogP) is 3.76. The van der Waals surface area contributed by atoms with Gasteiger partial charge in [-0.25, -0.2) is 4.98 Å². The lowest BCUT2D eigenvalue weighted by molar-refractivity contribution is -0.114. The zero-order valence-corrected chi connectivity index (χ0v) is 11.3. The molecule has 3 aromatic rings. The molecule has 4 nitrogen and oxygen atoms in total. The molecule has 0 unspecified atom stereocenters. The van der Waals surface area contributed by atoms with Crippen molar-refractivity contribution in [1.82, 2.24) is 4.98 Å². The Morgan fingerprint density at radius 1 is 1.15 bits per heavy atom. The number of oxazole rings is 1. The smallest absolute Gasteiger partial charge is 0.229 e. The highest BCUT2D eigenvalue weighted by Gasteiger charge is 2.13. The summed E-state index contributed by atoms with van der Waals surface area (Å²) in [4.78, 5) is 15.8.